The number of hydrogen-bond donors (Lipinski definition) is 0. The first kappa shape index (κ1) is 11.9. The standard InChI is InChI=1S/C16H20O2/c17-16(13-7-4-10-18-11-13)15-9-3-6-12-5-1-2-8-14(12)15/h1-2,5,8,13,15H,3-4,6-7,9-11H2. The molecule has 1 heterocycles. The molecule has 0 bridgehead atoms. The third-order valence-corrected chi connectivity index (χ3v) is 4.28. The molecule has 2 aliphatic rings. The SMILES string of the molecule is O=C(C1CCCOC1)C1CCCc2ccccc21. The van der Waals surface area contributed by atoms with E-state index in [2.05, 4.69) is 24.3 Å². The third kappa shape index (κ3) is 2.22. The molecule has 1 saturated heterocycles. The van der Waals surface area contributed by atoms with Crippen molar-refractivity contribution in [1.82, 2.24) is 0 Å². The summed E-state index contributed by atoms with van der Waals surface area (Å²) in [5.74, 6) is 0.679. The second-order valence-corrected chi connectivity index (χ2v) is 5.46. The van der Waals surface area contributed by atoms with Gasteiger partial charge in [0.2, 0.25) is 0 Å². The molecular formula is C16H20O2. The van der Waals surface area contributed by atoms with E-state index in [-0.39, 0.29) is 11.8 Å². The van der Waals surface area contributed by atoms with E-state index in [4.69, 9.17) is 4.74 Å². The topological polar surface area (TPSA) is 26.3 Å². The van der Waals surface area contributed by atoms with Gasteiger partial charge in [0, 0.05) is 18.4 Å². The number of rotatable bonds is 2. The van der Waals surface area contributed by atoms with Gasteiger partial charge in [-0.15, -0.1) is 0 Å². The van der Waals surface area contributed by atoms with Gasteiger partial charge in [0.05, 0.1) is 6.61 Å². The first-order chi connectivity index (χ1) is 8.86. The predicted molar refractivity (Wildman–Crippen MR) is 70.7 cm³/mol. The van der Waals surface area contributed by atoms with Crippen LogP contribution in [0.15, 0.2) is 24.3 Å². The van der Waals surface area contributed by atoms with Crippen LogP contribution in [-0.4, -0.2) is 19.0 Å². The van der Waals surface area contributed by atoms with Gasteiger partial charge in [-0.2, -0.15) is 0 Å². The zero-order valence-electron chi connectivity index (χ0n) is 10.7. The summed E-state index contributed by atoms with van der Waals surface area (Å²) >= 11 is 0. The van der Waals surface area contributed by atoms with Crippen molar-refractivity contribution < 1.29 is 9.53 Å². The summed E-state index contributed by atoms with van der Waals surface area (Å²) in [7, 11) is 0. The Morgan fingerprint density at radius 2 is 2.06 bits per heavy atom. The molecule has 1 aliphatic heterocycles. The zero-order chi connectivity index (χ0) is 12.4. The lowest BCUT2D eigenvalue weighted by Crippen LogP contribution is -2.31. The highest BCUT2D eigenvalue weighted by Crippen LogP contribution is 2.35. The van der Waals surface area contributed by atoms with Crippen molar-refractivity contribution in [1.29, 1.82) is 0 Å². The summed E-state index contributed by atoms with van der Waals surface area (Å²) in [5.41, 5.74) is 2.65. The lowest BCUT2D eigenvalue weighted by molar-refractivity contribution is -0.128. The average Bonchev–Trinajstić information content (AvgIpc) is 2.47. The summed E-state index contributed by atoms with van der Waals surface area (Å²) < 4.78 is 5.46. The van der Waals surface area contributed by atoms with E-state index in [1.807, 2.05) is 0 Å². The molecule has 0 saturated carbocycles. The number of carbonyl (C=O) groups excluding carboxylic acids is 1. The summed E-state index contributed by atoms with van der Waals surface area (Å²) in [6.45, 7) is 1.46. The Morgan fingerprint density at radius 1 is 1.17 bits per heavy atom. The van der Waals surface area contributed by atoms with Gasteiger partial charge in [0.15, 0.2) is 0 Å². The van der Waals surface area contributed by atoms with Crippen LogP contribution in [0.4, 0.5) is 0 Å². The van der Waals surface area contributed by atoms with Crippen LogP contribution in [0.1, 0.15) is 42.7 Å². The maximum Gasteiger partial charge on any atom is 0.145 e. The Labute approximate surface area is 108 Å². The first-order valence-electron chi connectivity index (χ1n) is 7.05. The summed E-state index contributed by atoms with van der Waals surface area (Å²) in [6, 6.07) is 8.45. The molecule has 0 radical (unpaired) electrons. The maximum atomic E-state index is 12.6. The lowest BCUT2D eigenvalue weighted by atomic mass is 9.76. The Kier molecular flexibility index (Phi) is 3.46. The molecular weight excluding hydrogens is 224 g/mol. The van der Waals surface area contributed by atoms with Crippen LogP contribution in [0.25, 0.3) is 0 Å². The van der Waals surface area contributed by atoms with Crippen LogP contribution in [0.3, 0.4) is 0 Å². The second-order valence-electron chi connectivity index (χ2n) is 5.46. The Morgan fingerprint density at radius 3 is 2.89 bits per heavy atom. The number of Topliss-reactive ketones (excluding diaryl/α,β-unsaturated/α-hetero) is 1. The highest BCUT2D eigenvalue weighted by molar-refractivity contribution is 5.88. The lowest BCUT2D eigenvalue weighted by Gasteiger charge is -2.29. The van der Waals surface area contributed by atoms with Crippen molar-refractivity contribution in [3.63, 3.8) is 0 Å². The van der Waals surface area contributed by atoms with Crippen molar-refractivity contribution in [3.05, 3.63) is 35.4 Å². The average molecular weight is 244 g/mol. The van der Waals surface area contributed by atoms with Gasteiger partial charge < -0.3 is 4.74 Å². The van der Waals surface area contributed by atoms with Crippen molar-refractivity contribution in [2.75, 3.05) is 13.2 Å². The molecule has 96 valence electrons. The van der Waals surface area contributed by atoms with Crippen LogP contribution in [-0.2, 0) is 16.0 Å². The molecule has 1 aromatic rings. The first-order valence-corrected chi connectivity index (χ1v) is 7.05. The van der Waals surface area contributed by atoms with Crippen molar-refractivity contribution in [3.8, 4) is 0 Å². The molecule has 1 aromatic carbocycles. The fourth-order valence-electron chi connectivity index (χ4n) is 3.30. The number of ether oxygens (including phenoxy) is 1. The molecule has 18 heavy (non-hydrogen) atoms. The second kappa shape index (κ2) is 5.23. The van der Waals surface area contributed by atoms with Gasteiger partial charge in [-0.1, -0.05) is 24.3 Å². The van der Waals surface area contributed by atoms with E-state index in [1.165, 1.54) is 11.1 Å². The van der Waals surface area contributed by atoms with E-state index in [1.54, 1.807) is 0 Å². The van der Waals surface area contributed by atoms with E-state index in [9.17, 15) is 4.79 Å². The zero-order valence-corrected chi connectivity index (χ0v) is 10.7. The number of benzene rings is 1. The minimum atomic E-state index is 0.127. The van der Waals surface area contributed by atoms with E-state index >= 15 is 0 Å². The molecule has 2 atom stereocenters. The summed E-state index contributed by atoms with van der Waals surface area (Å²) in [5, 5.41) is 0. The van der Waals surface area contributed by atoms with Crippen molar-refractivity contribution >= 4 is 5.78 Å². The smallest absolute Gasteiger partial charge is 0.145 e. The molecule has 2 heteroatoms. The molecule has 0 N–H and O–H groups in total. The minimum absolute atomic E-state index is 0.127. The Bertz CT molecular complexity index is 432. The molecule has 2 unspecified atom stereocenters. The Hall–Kier alpha value is -1.15. The number of fused-ring (bicyclic) bond motifs is 1. The van der Waals surface area contributed by atoms with Gasteiger partial charge in [-0.05, 0) is 43.2 Å². The number of aryl methyl sites for hydroxylation is 1. The van der Waals surface area contributed by atoms with E-state index < -0.39 is 0 Å². The Balaban J connectivity index is 1.82. The predicted octanol–water partition coefficient (Wildman–Crippen LogP) is 3.10. The van der Waals surface area contributed by atoms with Crippen molar-refractivity contribution in [2.24, 2.45) is 5.92 Å². The van der Waals surface area contributed by atoms with E-state index in [0.29, 0.717) is 12.4 Å². The molecule has 0 spiro atoms. The number of hydrogen-bond acceptors (Lipinski definition) is 2. The molecule has 3 rings (SSSR count). The van der Waals surface area contributed by atoms with Crippen LogP contribution in [0, 0.1) is 5.92 Å². The highest BCUT2D eigenvalue weighted by Gasteiger charge is 2.32. The van der Waals surface area contributed by atoms with Crippen LogP contribution in [0.5, 0.6) is 0 Å². The van der Waals surface area contributed by atoms with Crippen LogP contribution >= 0.6 is 0 Å². The molecule has 1 aliphatic carbocycles. The number of carbonyl (C=O) groups is 1. The summed E-state index contributed by atoms with van der Waals surface area (Å²) in [4.78, 5) is 12.6. The monoisotopic (exact) mass is 244 g/mol. The van der Waals surface area contributed by atoms with Gasteiger partial charge >= 0.3 is 0 Å². The quantitative estimate of drug-likeness (QED) is 0.799. The summed E-state index contributed by atoms with van der Waals surface area (Å²) in [6.07, 6.45) is 5.33. The minimum Gasteiger partial charge on any atom is -0.381 e. The van der Waals surface area contributed by atoms with Gasteiger partial charge in [0.1, 0.15) is 5.78 Å². The largest absolute Gasteiger partial charge is 0.381 e. The number of ketones is 1. The normalized spacial score (nSPS) is 27.6. The highest BCUT2D eigenvalue weighted by atomic mass is 16.5. The van der Waals surface area contributed by atoms with Crippen LogP contribution in [0.2, 0.25) is 0 Å². The van der Waals surface area contributed by atoms with Gasteiger partial charge in [-0.3, -0.25) is 4.79 Å². The fourth-order valence-corrected chi connectivity index (χ4v) is 3.30. The molecule has 2 nitrogen and oxygen atoms in total. The fraction of sp³-hybridized carbons (Fsp3) is 0.562. The van der Waals surface area contributed by atoms with Gasteiger partial charge in [0.25, 0.3) is 0 Å². The maximum absolute atomic E-state index is 12.6. The molecule has 0 aromatic heterocycles. The third-order valence-electron chi connectivity index (χ3n) is 4.28. The molecule has 1 fully saturated rings. The van der Waals surface area contributed by atoms with E-state index in [0.717, 1.165) is 38.7 Å². The van der Waals surface area contributed by atoms with Gasteiger partial charge in [-0.25, -0.2) is 0 Å². The van der Waals surface area contributed by atoms with Crippen molar-refractivity contribution in [2.45, 2.75) is 38.0 Å². The van der Waals surface area contributed by atoms with Crippen LogP contribution < -0.4 is 0 Å². The molecule has 0 amide bonds.